The van der Waals surface area contributed by atoms with E-state index in [4.69, 9.17) is 15.0 Å². The summed E-state index contributed by atoms with van der Waals surface area (Å²) in [4.78, 5) is 4.26. The van der Waals surface area contributed by atoms with E-state index in [1.807, 2.05) is 19.1 Å². The van der Waals surface area contributed by atoms with Crippen molar-refractivity contribution in [3.63, 3.8) is 0 Å². The van der Waals surface area contributed by atoms with Gasteiger partial charge in [-0.3, -0.25) is 0 Å². The first-order valence-electron chi connectivity index (χ1n) is 5.66. The summed E-state index contributed by atoms with van der Waals surface area (Å²) in [5.41, 5.74) is 7.21. The third-order valence-electron chi connectivity index (χ3n) is 2.30. The van der Waals surface area contributed by atoms with Crippen LogP contribution in [0.25, 0.3) is 11.5 Å². The molecule has 2 N–H and O–H groups in total. The average molecular weight is 312 g/mol. The molecule has 1 aromatic carbocycles. The molecule has 0 aliphatic rings. The van der Waals surface area contributed by atoms with Crippen LogP contribution >= 0.6 is 15.9 Å². The smallest absolute Gasteiger partial charge is 0.258 e. The van der Waals surface area contributed by atoms with Crippen molar-refractivity contribution in [2.24, 2.45) is 0 Å². The number of anilines is 1. The van der Waals surface area contributed by atoms with E-state index in [1.54, 1.807) is 6.07 Å². The number of ether oxygens (including phenoxy) is 1. The molecule has 5 nitrogen and oxygen atoms in total. The lowest BCUT2D eigenvalue weighted by molar-refractivity contribution is 0.114. The second kappa shape index (κ2) is 5.97. The number of halogens is 1. The second-order valence-corrected chi connectivity index (χ2v) is 4.66. The molecule has 0 spiro atoms. The van der Waals surface area contributed by atoms with E-state index in [2.05, 4.69) is 26.1 Å². The van der Waals surface area contributed by atoms with Crippen LogP contribution in [0.1, 0.15) is 19.2 Å². The first kappa shape index (κ1) is 13.0. The Labute approximate surface area is 113 Å². The Morgan fingerprint density at radius 2 is 2.28 bits per heavy atom. The van der Waals surface area contributed by atoms with Crippen LogP contribution in [0.4, 0.5) is 5.69 Å². The Kier molecular flexibility index (Phi) is 4.33. The fourth-order valence-electron chi connectivity index (χ4n) is 1.40. The highest BCUT2D eigenvalue weighted by atomic mass is 79.9. The molecule has 0 saturated carbocycles. The molecule has 0 amide bonds. The number of hydrogen-bond donors (Lipinski definition) is 1. The summed E-state index contributed by atoms with van der Waals surface area (Å²) in [6, 6.07) is 5.47. The molecule has 0 atom stereocenters. The monoisotopic (exact) mass is 311 g/mol. The molecule has 0 saturated heterocycles. The van der Waals surface area contributed by atoms with E-state index in [0.29, 0.717) is 30.6 Å². The zero-order valence-corrected chi connectivity index (χ0v) is 11.6. The fourth-order valence-corrected chi connectivity index (χ4v) is 1.78. The maximum atomic E-state index is 5.72. The molecule has 18 heavy (non-hydrogen) atoms. The largest absolute Gasteiger partial charge is 0.398 e. The van der Waals surface area contributed by atoms with Crippen molar-refractivity contribution in [1.29, 1.82) is 0 Å². The minimum absolute atomic E-state index is 0.369. The summed E-state index contributed by atoms with van der Waals surface area (Å²) < 4.78 is 11.3. The van der Waals surface area contributed by atoms with Gasteiger partial charge in [-0.15, -0.1) is 0 Å². The Balaban J connectivity index is 2.11. The molecule has 96 valence electrons. The molecule has 6 heteroatoms. The molecular formula is C12H14BrN3O2. The minimum atomic E-state index is 0.369. The van der Waals surface area contributed by atoms with Gasteiger partial charge in [0.1, 0.15) is 6.61 Å². The Morgan fingerprint density at radius 3 is 3.00 bits per heavy atom. The predicted molar refractivity (Wildman–Crippen MR) is 71.8 cm³/mol. The molecule has 1 aromatic heterocycles. The number of nitrogens with two attached hydrogens (primary N) is 1. The van der Waals surface area contributed by atoms with Crippen molar-refractivity contribution in [2.45, 2.75) is 20.0 Å². The van der Waals surface area contributed by atoms with Crippen LogP contribution in [-0.4, -0.2) is 16.7 Å². The van der Waals surface area contributed by atoms with E-state index in [0.717, 1.165) is 16.5 Å². The van der Waals surface area contributed by atoms with Crippen LogP contribution in [0, 0.1) is 0 Å². The van der Waals surface area contributed by atoms with E-state index in [1.165, 1.54) is 0 Å². The standard InChI is InChI=1S/C12H14BrN3O2/c1-2-5-17-7-11-15-12(18-16-11)8-3-4-10(14)9(13)6-8/h3-4,6H,2,5,7,14H2,1H3. The van der Waals surface area contributed by atoms with Crippen LogP contribution in [0.2, 0.25) is 0 Å². The van der Waals surface area contributed by atoms with Crippen LogP contribution in [0.3, 0.4) is 0 Å². The summed E-state index contributed by atoms with van der Waals surface area (Å²) in [5.74, 6) is 1.01. The van der Waals surface area contributed by atoms with Crippen LogP contribution in [0.15, 0.2) is 27.2 Å². The van der Waals surface area contributed by atoms with Gasteiger partial charge in [-0.2, -0.15) is 4.98 Å². The lowest BCUT2D eigenvalue weighted by atomic mass is 10.2. The van der Waals surface area contributed by atoms with Gasteiger partial charge >= 0.3 is 0 Å². The van der Waals surface area contributed by atoms with Gasteiger partial charge in [-0.1, -0.05) is 12.1 Å². The molecule has 0 unspecified atom stereocenters. The molecule has 0 fully saturated rings. The van der Waals surface area contributed by atoms with Gasteiger partial charge in [0.15, 0.2) is 5.82 Å². The van der Waals surface area contributed by atoms with Gasteiger partial charge < -0.3 is 15.0 Å². The summed E-state index contributed by atoms with van der Waals surface area (Å²) in [6.45, 7) is 3.11. The lowest BCUT2D eigenvalue weighted by Gasteiger charge is -1.99. The number of aromatic nitrogens is 2. The fraction of sp³-hybridized carbons (Fsp3) is 0.333. The Hall–Kier alpha value is -1.40. The maximum absolute atomic E-state index is 5.72. The quantitative estimate of drug-likeness (QED) is 0.678. The number of nitrogen functional groups attached to an aromatic ring is 1. The van der Waals surface area contributed by atoms with Crippen molar-refractivity contribution in [2.75, 3.05) is 12.3 Å². The van der Waals surface area contributed by atoms with Crippen molar-refractivity contribution in [1.82, 2.24) is 10.1 Å². The zero-order valence-electron chi connectivity index (χ0n) is 10.0. The molecule has 0 radical (unpaired) electrons. The van der Waals surface area contributed by atoms with Gasteiger partial charge in [0.25, 0.3) is 5.89 Å². The van der Waals surface area contributed by atoms with E-state index < -0.39 is 0 Å². The molecule has 2 rings (SSSR count). The van der Waals surface area contributed by atoms with Gasteiger partial charge in [0.2, 0.25) is 0 Å². The van der Waals surface area contributed by atoms with E-state index >= 15 is 0 Å². The van der Waals surface area contributed by atoms with Crippen LogP contribution in [-0.2, 0) is 11.3 Å². The third kappa shape index (κ3) is 3.08. The molecule has 2 aromatic rings. The summed E-state index contributed by atoms with van der Waals surface area (Å²) in [7, 11) is 0. The molecular weight excluding hydrogens is 298 g/mol. The molecule has 0 aliphatic carbocycles. The maximum Gasteiger partial charge on any atom is 0.258 e. The molecule has 1 heterocycles. The summed E-state index contributed by atoms with van der Waals surface area (Å²) in [5, 5.41) is 3.86. The predicted octanol–water partition coefficient (Wildman–Crippen LogP) is 3.01. The zero-order chi connectivity index (χ0) is 13.0. The van der Waals surface area contributed by atoms with Gasteiger partial charge in [-0.05, 0) is 40.5 Å². The van der Waals surface area contributed by atoms with Gasteiger partial charge in [0, 0.05) is 22.3 Å². The molecule has 0 aliphatic heterocycles. The van der Waals surface area contributed by atoms with Crippen molar-refractivity contribution < 1.29 is 9.26 Å². The van der Waals surface area contributed by atoms with Crippen molar-refractivity contribution in [3.05, 3.63) is 28.5 Å². The van der Waals surface area contributed by atoms with Crippen LogP contribution in [0.5, 0.6) is 0 Å². The Morgan fingerprint density at radius 1 is 1.44 bits per heavy atom. The minimum Gasteiger partial charge on any atom is -0.398 e. The summed E-state index contributed by atoms with van der Waals surface area (Å²) in [6.07, 6.45) is 0.968. The van der Waals surface area contributed by atoms with E-state index in [9.17, 15) is 0 Å². The first-order valence-corrected chi connectivity index (χ1v) is 6.45. The summed E-state index contributed by atoms with van der Waals surface area (Å²) >= 11 is 3.36. The van der Waals surface area contributed by atoms with Crippen molar-refractivity contribution >= 4 is 21.6 Å². The Bertz CT molecular complexity index is 528. The lowest BCUT2D eigenvalue weighted by Crippen LogP contribution is -1.95. The number of rotatable bonds is 5. The second-order valence-electron chi connectivity index (χ2n) is 3.80. The molecule has 0 bridgehead atoms. The average Bonchev–Trinajstić information content (AvgIpc) is 2.82. The highest BCUT2D eigenvalue weighted by Crippen LogP contribution is 2.26. The van der Waals surface area contributed by atoms with Gasteiger partial charge in [-0.25, -0.2) is 0 Å². The highest BCUT2D eigenvalue weighted by Gasteiger charge is 2.10. The normalized spacial score (nSPS) is 10.8. The number of hydrogen-bond acceptors (Lipinski definition) is 5. The van der Waals surface area contributed by atoms with E-state index in [-0.39, 0.29) is 0 Å². The first-order chi connectivity index (χ1) is 8.70. The van der Waals surface area contributed by atoms with Crippen LogP contribution < -0.4 is 5.73 Å². The SMILES string of the molecule is CCCOCc1noc(-c2ccc(N)c(Br)c2)n1. The number of nitrogens with zero attached hydrogens (tertiary/aromatic N) is 2. The topological polar surface area (TPSA) is 74.2 Å². The third-order valence-corrected chi connectivity index (χ3v) is 2.98. The number of benzene rings is 1. The van der Waals surface area contributed by atoms with Crippen molar-refractivity contribution in [3.8, 4) is 11.5 Å². The van der Waals surface area contributed by atoms with Gasteiger partial charge in [0.05, 0.1) is 0 Å². The highest BCUT2D eigenvalue weighted by molar-refractivity contribution is 9.10.